The van der Waals surface area contributed by atoms with E-state index in [2.05, 4.69) is 4.90 Å². The average molecular weight is 396 g/mol. The quantitative estimate of drug-likeness (QED) is 0.532. The summed E-state index contributed by atoms with van der Waals surface area (Å²) >= 11 is 0. The van der Waals surface area contributed by atoms with Gasteiger partial charge in [0.25, 0.3) is 5.91 Å². The van der Waals surface area contributed by atoms with E-state index in [1.54, 1.807) is 31.2 Å². The summed E-state index contributed by atoms with van der Waals surface area (Å²) in [5.41, 5.74) is 1.24. The molecule has 4 rings (SSSR count). The lowest BCUT2D eigenvalue weighted by Crippen LogP contribution is -2.49. The highest BCUT2D eigenvalue weighted by atomic mass is 19.1. The topological polar surface area (TPSA) is 49.9 Å². The fourth-order valence-electron chi connectivity index (χ4n) is 4.27. The van der Waals surface area contributed by atoms with Gasteiger partial charge in [0.05, 0.1) is 6.61 Å². The summed E-state index contributed by atoms with van der Waals surface area (Å²) in [5, 5.41) is 0. The van der Waals surface area contributed by atoms with E-state index in [-0.39, 0.29) is 23.5 Å². The molecule has 29 heavy (non-hydrogen) atoms. The molecule has 0 aromatic heterocycles. The molecule has 2 fully saturated rings. The van der Waals surface area contributed by atoms with Crippen molar-refractivity contribution in [2.24, 2.45) is 0 Å². The van der Waals surface area contributed by atoms with Crippen molar-refractivity contribution in [1.82, 2.24) is 9.80 Å². The molecule has 1 amide bonds. The number of carbonyl (C=O) groups excluding carboxylic acids is 2. The van der Waals surface area contributed by atoms with Gasteiger partial charge in [-0.2, -0.15) is 0 Å². The van der Waals surface area contributed by atoms with Crippen molar-refractivity contribution >= 4 is 11.7 Å². The Hall–Kier alpha value is -2.73. The van der Waals surface area contributed by atoms with Gasteiger partial charge in [-0.1, -0.05) is 0 Å². The van der Waals surface area contributed by atoms with Gasteiger partial charge in [0.1, 0.15) is 11.6 Å². The standard InChI is InChI=1S/C23H25FN2O3/c1-16(27)17-5-9-22(10-6-17)29-12-2-11-25-14-21-13-20(25)15-26(21)23(28)18-3-7-19(24)8-4-18/h3-10,20-21H,2,11-15H2,1H3/t20-,21-/m1/s1. The van der Waals surface area contributed by atoms with Gasteiger partial charge in [-0.05, 0) is 68.3 Å². The highest BCUT2D eigenvalue weighted by Gasteiger charge is 2.44. The Morgan fingerprint density at radius 3 is 2.31 bits per heavy atom. The first kappa shape index (κ1) is 19.6. The summed E-state index contributed by atoms with van der Waals surface area (Å²) in [6.45, 7) is 4.71. The summed E-state index contributed by atoms with van der Waals surface area (Å²) in [6, 6.07) is 13.6. The van der Waals surface area contributed by atoms with Gasteiger partial charge in [-0.25, -0.2) is 4.39 Å². The number of fused-ring (bicyclic) bond motifs is 2. The molecule has 2 aromatic carbocycles. The molecule has 2 aromatic rings. The summed E-state index contributed by atoms with van der Waals surface area (Å²) in [7, 11) is 0. The SMILES string of the molecule is CC(=O)c1ccc(OCCCN2C[C@H]3C[C@@H]2CN3C(=O)c2ccc(F)cc2)cc1. The molecule has 0 spiro atoms. The Bertz CT molecular complexity index is 882. The van der Waals surface area contributed by atoms with E-state index in [0.717, 1.165) is 38.2 Å². The van der Waals surface area contributed by atoms with Crippen molar-refractivity contribution in [2.45, 2.75) is 31.8 Å². The zero-order valence-electron chi connectivity index (χ0n) is 16.5. The Labute approximate surface area is 170 Å². The summed E-state index contributed by atoms with van der Waals surface area (Å²) in [6.07, 6.45) is 1.91. The maximum Gasteiger partial charge on any atom is 0.254 e. The second-order valence-electron chi connectivity index (χ2n) is 7.79. The molecule has 2 bridgehead atoms. The fourth-order valence-corrected chi connectivity index (χ4v) is 4.27. The molecular formula is C23H25FN2O3. The zero-order valence-corrected chi connectivity index (χ0v) is 16.5. The molecule has 0 saturated carbocycles. The van der Waals surface area contributed by atoms with E-state index in [4.69, 9.17) is 4.74 Å². The van der Waals surface area contributed by atoms with Crippen LogP contribution in [0.15, 0.2) is 48.5 Å². The van der Waals surface area contributed by atoms with Crippen LogP contribution in [-0.4, -0.2) is 59.8 Å². The molecule has 6 heteroatoms. The van der Waals surface area contributed by atoms with Crippen LogP contribution >= 0.6 is 0 Å². The average Bonchev–Trinajstić information content (AvgIpc) is 3.32. The third-order valence-electron chi connectivity index (χ3n) is 5.83. The summed E-state index contributed by atoms with van der Waals surface area (Å²) in [5.74, 6) is 0.490. The number of ether oxygens (including phenoxy) is 1. The largest absolute Gasteiger partial charge is 0.494 e. The Kier molecular flexibility index (Phi) is 5.62. The molecular weight excluding hydrogens is 371 g/mol. The van der Waals surface area contributed by atoms with E-state index in [1.165, 1.54) is 12.1 Å². The minimum Gasteiger partial charge on any atom is -0.494 e. The van der Waals surface area contributed by atoms with E-state index in [1.807, 2.05) is 17.0 Å². The number of benzene rings is 2. The lowest BCUT2D eigenvalue weighted by molar-refractivity contribution is 0.0618. The molecule has 5 nitrogen and oxygen atoms in total. The van der Waals surface area contributed by atoms with E-state index in [9.17, 15) is 14.0 Å². The first-order valence-corrected chi connectivity index (χ1v) is 10.1. The molecule has 2 aliphatic rings. The number of likely N-dealkylation sites (tertiary alicyclic amines) is 2. The van der Waals surface area contributed by atoms with Crippen LogP contribution in [0.25, 0.3) is 0 Å². The minimum absolute atomic E-state index is 0.00510. The Morgan fingerprint density at radius 1 is 1.00 bits per heavy atom. The number of rotatable bonds is 7. The third kappa shape index (κ3) is 4.32. The number of ketones is 1. The van der Waals surface area contributed by atoms with Crippen LogP contribution < -0.4 is 4.74 Å². The van der Waals surface area contributed by atoms with Crippen molar-refractivity contribution in [1.29, 1.82) is 0 Å². The predicted octanol–water partition coefficient (Wildman–Crippen LogP) is 3.40. The first-order valence-electron chi connectivity index (χ1n) is 10.1. The summed E-state index contributed by atoms with van der Waals surface area (Å²) < 4.78 is 18.9. The van der Waals surface area contributed by atoms with Crippen LogP contribution in [0.1, 0.15) is 40.5 Å². The highest BCUT2D eigenvalue weighted by molar-refractivity contribution is 5.95. The molecule has 0 unspecified atom stereocenters. The number of amides is 1. The van der Waals surface area contributed by atoms with Crippen LogP contribution in [0.3, 0.4) is 0 Å². The van der Waals surface area contributed by atoms with Gasteiger partial charge >= 0.3 is 0 Å². The molecule has 2 aliphatic heterocycles. The molecule has 2 atom stereocenters. The van der Waals surface area contributed by atoms with Gasteiger partial charge in [-0.15, -0.1) is 0 Å². The second kappa shape index (κ2) is 8.33. The van der Waals surface area contributed by atoms with Crippen molar-refractivity contribution < 1.29 is 18.7 Å². The van der Waals surface area contributed by atoms with E-state index >= 15 is 0 Å². The molecule has 2 heterocycles. The fraction of sp³-hybridized carbons (Fsp3) is 0.391. The predicted molar refractivity (Wildman–Crippen MR) is 108 cm³/mol. The van der Waals surface area contributed by atoms with Crippen LogP contribution in [0.5, 0.6) is 5.75 Å². The molecule has 152 valence electrons. The monoisotopic (exact) mass is 396 g/mol. The number of carbonyl (C=O) groups is 2. The molecule has 0 radical (unpaired) electrons. The maximum absolute atomic E-state index is 13.1. The third-order valence-corrected chi connectivity index (χ3v) is 5.83. The maximum atomic E-state index is 13.1. The second-order valence-corrected chi connectivity index (χ2v) is 7.79. The first-order chi connectivity index (χ1) is 14.0. The normalized spacial score (nSPS) is 20.8. The van der Waals surface area contributed by atoms with Crippen molar-refractivity contribution in [3.63, 3.8) is 0 Å². The lowest BCUT2D eigenvalue weighted by Gasteiger charge is -2.34. The number of hydrogen-bond donors (Lipinski definition) is 0. The Morgan fingerprint density at radius 2 is 1.69 bits per heavy atom. The van der Waals surface area contributed by atoms with E-state index in [0.29, 0.717) is 23.8 Å². The number of hydrogen-bond acceptors (Lipinski definition) is 4. The van der Waals surface area contributed by atoms with Gasteiger partial charge < -0.3 is 9.64 Å². The van der Waals surface area contributed by atoms with Crippen LogP contribution in [0.4, 0.5) is 4.39 Å². The number of halogens is 1. The van der Waals surface area contributed by atoms with Gasteiger partial charge in [0.15, 0.2) is 5.78 Å². The highest BCUT2D eigenvalue weighted by Crippen LogP contribution is 2.31. The van der Waals surface area contributed by atoms with E-state index < -0.39 is 0 Å². The van der Waals surface area contributed by atoms with Crippen LogP contribution in [0.2, 0.25) is 0 Å². The minimum atomic E-state index is -0.326. The van der Waals surface area contributed by atoms with Crippen molar-refractivity contribution in [3.8, 4) is 5.75 Å². The smallest absolute Gasteiger partial charge is 0.254 e. The zero-order chi connectivity index (χ0) is 20.4. The van der Waals surface area contributed by atoms with Crippen molar-refractivity contribution in [2.75, 3.05) is 26.2 Å². The Balaban J connectivity index is 1.21. The molecule has 0 aliphatic carbocycles. The lowest BCUT2D eigenvalue weighted by atomic mass is 10.1. The van der Waals surface area contributed by atoms with Gasteiger partial charge in [0, 0.05) is 42.8 Å². The van der Waals surface area contributed by atoms with Crippen LogP contribution in [0, 0.1) is 5.82 Å². The van der Waals surface area contributed by atoms with Crippen LogP contribution in [-0.2, 0) is 0 Å². The van der Waals surface area contributed by atoms with Crippen molar-refractivity contribution in [3.05, 3.63) is 65.5 Å². The molecule has 0 N–H and O–H groups in total. The number of Topliss-reactive ketones (excluding diaryl/α,β-unsaturated/α-hetero) is 1. The molecule has 2 saturated heterocycles. The number of nitrogens with zero attached hydrogens (tertiary/aromatic N) is 2. The van der Waals surface area contributed by atoms with Gasteiger partial charge in [0.2, 0.25) is 0 Å². The number of piperazine rings is 1. The van der Waals surface area contributed by atoms with Gasteiger partial charge in [-0.3, -0.25) is 14.5 Å². The summed E-state index contributed by atoms with van der Waals surface area (Å²) in [4.78, 5) is 28.3.